The van der Waals surface area contributed by atoms with Crippen molar-refractivity contribution in [1.82, 2.24) is 10.2 Å². The van der Waals surface area contributed by atoms with Crippen molar-refractivity contribution in [2.45, 2.75) is 18.4 Å². The van der Waals surface area contributed by atoms with Crippen molar-refractivity contribution in [1.29, 1.82) is 0 Å². The lowest BCUT2D eigenvalue weighted by atomic mass is 9.91. The number of aliphatic hydroxyl groups is 1. The van der Waals surface area contributed by atoms with E-state index in [1.165, 1.54) is 23.1 Å². The van der Waals surface area contributed by atoms with Crippen molar-refractivity contribution in [2.24, 2.45) is 0 Å². The fraction of sp³-hybridized carbons (Fsp3) is 0.400. The minimum atomic E-state index is -1.79. The zero-order chi connectivity index (χ0) is 17.9. The van der Waals surface area contributed by atoms with E-state index in [0.29, 0.717) is 5.02 Å². The number of halogens is 2. The van der Waals surface area contributed by atoms with Gasteiger partial charge in [0.25, 0.3) is 5.91 Å². The molecule has 1 heterocycles. The Bertz CT molecular complexity index is 672. The second-order valence-corrected chi connectivity index (χ2v) is 6.34. The molecule has 1 fully saturated rings. The van der Waals surface area contributed by atoms with E-state index in [0.717, 1.165) is 0 Å². The molecule has 7 nitrogen and oxygen atoms in total. The van der Waals surface area contributed by atoms with Gasteiger partial charge < -0.3 is 20.4 Å². The topological polar surface area (TPSA) is 107 Å². The third-order valence-electron chi connectivity index (χ3n) is 3.92. The van der Waals surface area contributed by atoms with Crippen LogP contribution in [-0.4, -0.2) is 58.1 Å². The second kappa shape index (κ2) is 7.38. The number of hydrogen-bond donors (Lipinski definition) is 3. The van der Waals surface area contributed by atoms with Gasteiger partial charge in [-0.3, -0.25) is 9.59 Å². The van der Waals surface area contributed by atoms with Gasteiger partial charge in [0, 0.05) is 31.5 Å². The summed E-state index contributed by atoms with van der Waals surface area (Å²) >= 11 is 11.6. The number of likely N-dealkylation sites (tertiary alicyclic amines) is 1. The van der Waals surface area contributed by atoms with Gasteiger partial charge in [0.05, 0.1) is 16.6 Å². The summed E-state index contributed by atoms with van der Waals surface area (Å²) < 4.78 is 0. The molecule has 0 spiro atoms. The van der Waals surface area contributed by atoms with Crippen LogP contribution in [0.5, 0.6) is 0 Å². The summed E-state index contributed by atoms with van der Waals surface area (Å²) in [6.45, 7) is -0.000861. The number of nitrogens with one attached hydrogen (secondary N) is 1. The largest absolute Gasteiger partial charge is 0.479 e. The van der Waals surface area contributed by atoms with Crippen LogP contribution in [0.2, 0.25) is 10.0 Å². The van der Waals surface area contributed by atoms with E-state index in [2.05, 4.69) is 5.32 Å². The van der Waals surface area contributed by atoms with Crippen LogP contribution in [-0.2, 0) is 9.59 Å². The maximum Gasteiger partial charge on any atom is 0.335 e. The van der Waals surface area contributed by atoms with E-state index < -0.39 is 17.5 Å². The summed E-state index contributed by atoms with van der Waals surface area (Å²) in [7, 11) is 0. The van der Waals surface area contributed by atoms with Crippen LogP contribution in [0.25, 0.3) is 0 Å². The Kier molecular flexibility index (Phi) is 5.69. The Labute approximate surface area is 148 Å². The van der Waals surface area contributed by atoms with Crippen molar-refractivity contribution in [3.8, 4) is 0 Å². The molecule has 1 aliphatic heterocycles. The Balaban J connectivity index is 1.86. The molecule has 2 rings (SSSR count). The summed E-state index contributed by atoms with van der Waals surface area (Å²) in [5.41, 5.74) is -1.52. The maximum absolute atomic E-state index is 12.1. The predicted octanol–water partition coefficient (Wildman–Crippen LogP) is 1.16. The summed E-state index contributed by atoms with van der Waals surface area (Å²) in [5, 5.41) is 21.8. The van der Waals surface area contributed by atoms with E-state index in [1.54, 1.807) is 0 Å². The fourth-order valence-electron chi connectivity index (χ4n) is 2.35. The quantitative estimate of drug-likeness (QED) is 0.732. The molecule has 0 bridgehead atoms. The molecule has 130 valence electrons. The van der Waals surface area contributed by atoms with E-state index in [4.69, 9.17) is 28.3 Å². The molecule has 0 saturated carbocycles. The highest BCUT2D eigenvalue weighted by Gasteiger charge is 2.40. The molecular formula is C15H16Cl2N2O5. The average Bonchev–Trinajstić information content (AvgIpc) is 2.55. The van der Waals surface area contributed by atoms with Gasteiger partial charge in [0.15, 0.2) is 5.60 Å². The number of piperidine rings is 1. The third kappa shape index (κ3) is 4.17. The number of nitrogens with zero attached hydrogens (tertiary/aromatic N) is 1. The molecule has 0 atom stereocenters. The number of aliphatic carboxylic acids is 1. The van der Waals surface area contributed by atoms with Gasteiger partial charge in [0.1, 0.15) is 0 Å². The number of carboxylic acids is 1. The maximum atomic E-state index is 12.1. The van der Waals surface area contributed by atoms with E-state index >= 15 is 0 Å². The zero-order valence-corrected chi connectivity index (χ0v) is 14.1. The minimum absolute atomic E-state index is 0.0468. The number of rotatable bonds is 4. The predicted molar refractivity (Wildman–Crippen MR) is 87.2 cm³/mol. The van der Waals surface area contributed by atoms with Gasteiger partial charge in [-0.25, -0.2) is 4.79 Å². The molecule has 0 radical (unpaired) electrons. The summed E-state index contributed by atoms with van der Waals surface area (Å²) in [4.78, 5) is 36.4. The molecule has 1 aromatic rings. The van der Waals surface area contributed by atoms with Crippen molar-refractivity contribution < 1.29 is 24.6 Å². The van der Waals surface area contributed by atoms with Gasteiger partial charge in [-0.15, -0.1) is 0 Å². The van der Waals surface area contributed by atoms with Gasteiger partial charge >= 0.3 is 5.97 Å². The molecule has 0 unspecified atom stereocenters. The van der Waals surface area contributed by atoms with Crippen LogP contribution >= 0.6 is 23.2 Å². The van der Waals surface area contributed by atoms with Crippen molar-refractivity contribution in [3.05, 3.63) is 33.8 Å². The molecule has 0 aliphatic carbocycles. The first-order chi connectivity index (χ1) is 11.2. The van der Waals surface area contributed by atoms with Crippen LogP contribution in [0.15, 0.2) is 18.2 Å². The average molecular weight is 375 g/mol. The fourth-order valence-corrected chi connectivity index (χ4v) is 2.65. The Morgan fingerprint density at radius 2 is 1.79 bits per heavy atom. The number of carboxylic acid groups (broad SMARTS) is 1. The Morgan fingerprint density at radius 1 is 1.17 bits per heavy atom. The summed E-state index contributed by atoms with van der Waals surface area (Å²) in [5.74, 6) is -2.11. The van der Waals surface area contributed by atoms with Crippen LogP contribution in [0.4, 0.5) is 0 Å². The first-order valence-electron chi connectivity index (χ1n) is 7.20. The standard InChI is InChI=1S/C15H16Cl2N2O5/c16-10-2-1-9(7-11(10)17)13(21)18-8-12(20)19-5-3-15(24,4-6-19)14(22)23/h1-2,7,24H,3-6,8H2,(H,18,21)(H,22,23). The lowest BCUT2D eigenvalue weighted by molar-refractivity contribution is -0.165. The van der Waals surface area contributed by atoms with Crippen LogP contribution in [0.3, 0.4) is 0 Å². The first-order valence-corrected chi connectivity index (χ1v) is 7.95. The molecule has 1 saturated heterocycles. The van der Waals surface area contributed by atoms with Crippen LogP contribution < -0.4 is 5.32 Å². The van der Waals surface area contributed by atoms with Gasteiger partial charge in [-0.2, -0.15) is 0 Å². The van der Waals surface area contributed by atoms with Gasteiger partial charge in [-0.05, 0) is 18.2 Å². The molecule has 2 amide bonds. The highest BCUT2D eigenvalue weighted by molar-refractivity contribution is 6.42. The zero-order valence-electron chi connectivity index (χ0n) is 12.6. The SMILES string of the molecule is O=C(NCC(=O)N1CCC(O)(C(=O)O)CC1)c1ccc(Cl)c(Cl)c1. The monoisotopic (exact) mass is 374 g/mol. The van der Waals surface area contributed by atoms with Gasteiger partial charge in [-0.1, -0.05) is 23.2 Å². The molecule has 3 N–H and O–H groups in total. The Morgan fingerprint density at radius 3 is 2.33 bits per heavy atom. The minimum Gasteiger partial charge on any atom is -0.479 e. The summed E-state index contributed by atoms with van der Waals surface area (Å²) in [6.07, 6.45) is -0.0936. The third-order valence-corrected chi connectivity index (χ3v) is 4.66. The highest BCUT2D eigenvalue weighted by atomic mass is 35.5. The Hall–Kier alpha value is -1.83. The molecule has 24 heavy (non-hydrogen) atoms. The van der Waals surface area contributed by atoms with Crippen molar-refractivity contribution >= 4 is 41.0 Å². The molecule has 1 aromatic carbocycles. The number of hydrogen-bond acceptors (Lipinski definition) is 4. The number of amides is 2. The molecule has 9 heteroatoms. The van der Waals surface area contributed by atoms with Crippen LogP contribution in [0, 0.1) is 0 Å². The van der Waals surface area contributed by atoms with E-state index in [1.807, 2.05) is 0 Å². The first kappa shape index (κ1) is 18.5. The van der Waals surface area contributed by atoms with E-state index in [9.17, 15) is 19.5 Å². The highest BCUT2D eigenvalue weighted by Crippen LogP contribution is 2.23. The normalized spacial score (nSPS) is 16.5. The van der Waals surface area contributed by atoms with E-state index in [-0.39, 0.29) is 49.0 Å². The molecule has 0 aromatic heterocycles. The second-order valence-electron chi connectivity index (χ2n) is 5.53. The van der Waals surface area contributed by atoms with Crippen LogP contribution in [0.1, 0.15) is 23.2 Å². The smallest absolute Gasteiger partial charge is 0.335 e. The molecular weight excluding hydrogens is 359 g/mol. The number of benzene rings is 1. The number of carbonyl (C=O) groups is 3. The van der Waals surface area contributed by atoms with Crippen molar-refractivity contribution in [2.75, 3.05) is 19.6 Å². The van der Waals surface area contributed by atoms with Gasteiger partial charge in [0.2, 0.25) is 5.91 Å². The summed E-state index contributed by atoms with van der Waals surface area (Å²) in [6, 6.07) is 4.37. The number of carbonyl (C=O) groups excluding carboxylic acids is 2. The lowest BCUT2D eigenvalue weighted by Crippen LogP contribution is -2.52. The van der Waals surface area contributed by atoms with Crippen molar-refractivity contribution in [3.63, 3.8) is 0 Å². The lowest BCUT2D eigenvalue weighted by Gasteiger charge is -2.35. The molecule has 1 aliphatic rings.